The van der Waals surface area contributed by atoms with Gasteiger partial charge in [0.05, 0.1) is 18.7 Å². The van der Waals surface area contributed by atoms with Crippen molar-refractivity contribution in [2.75, 3.05) is 12.4 Å². The number of methoxy groups -OCH3 is 1. The van der Waals surface area contributed by atoms with Gasteiger partial charge in [-0.1, -0.05) is 26.8 Å². The molecule has 1 aromatic rings. The van der Waals surface area contributed by atoms with E-state index in [4.69, 9.17) is 5.73 Å². The van der Waals surface area contributed by atoms with Gasteiger partial charge >= 0.3 is 5.97 Å². The number of carbonyl (C=O) groups is 2. The molecule has 0 unspecified atom stereocenters. The molecular weight excluding hydrogens is 256 g/mol. The first-order valence-corrected chi connectivity index (χ1v) is 6.42. The number of nitrogens with two attached hydrogens (primary N) is 1. The van der Waals surface area contributed by atoms with E-state index in [2.05, 4.69) is 10.1 Å². The molecule has 0 aliphatic rings. The van der Waals surface area contributed by atoms with Crippen molar-refractivity contribution in [2.45, 2.75) is 33.7 Å². The number of aryl methyl sites for hydroxylation is 1. The van der Waals surface area contributed by atoms with Crippen LogP contribution < -0.4 is 11.1 Å². The molecule has 110 valence electrons. The van der Waals surface area contributed by atoms with Crippen LogP contribution in [0.1, 0.15) is 36.7 Å². The van der Waals surface area contributed by atoms with Crippen LogP contribution in [0.3, 0.4) is 0 Å². The van der Waals surface area contributed by atoms with Gasteiger partial charge in [0.1, 0.15) is 0 Å². The van der Waals surface area contributed by atoms with Crippen molar-refractivity contribution in [1.29, 1.82) is 0 Å². The van der Waals surface area contributed by atoms with E-state index in [1.807, 2.05) is 27.7 Å². The first kappa shape index (κ1) is 16.2. The van der Waals surface area contributed by atoms with Crippen LogP contribution in [0, 0.1) is 12.3 Å². The van der Waals surface area contributed by atoms with E-state index in [1.54, 1.807) is 18.2 Å². The fourth-order valence-electron chi connectivity index (χ4n) is 1.61. The molecule has 1 amide bonds. The molecule has 0 saturated heterocycles. The van der Waals surface area contributed by atoms with Crippen molar-refractivity contribution < 1.29 is 14.3 Å². The maximum Gasteiger partial charge on any atom is 0.337 e. The number of anilines is 1. The highest BCUT2D eigenvalue weighted by Crippen LogP contribution is 2.21. The van der Waals surface area contributed by atoms with E-state index < -0.39 is 12.0 Å². The standard InChI is InChI=1S/C15H22N2O3/c1-9-6-7-10(14(19)20-5)8-11(9)17-13(18)12(16)15(2,3)4/h6-8,12H,16H2,1-5H3,(H,17,18)/t12-/m0/s1. The highest BCUT2D eigenvalue weighted by Gasteiger charge is 2.27. The number of esters is 1. The van der Waals surface area contributed by atoms with E-state index in [1.165, 1.54) is 7.11 Å². The number of carbonyl (C=O) groups excluding carboxylic acids is 2. The Bertz CT molecular complexity index is 518. The van der Waals surface area contributed by atoms with Gasteiger partial charge in [-0.3, -0.25) is 4.79 Å². The highest BCUT2D eigenvalue weighted by molar-refractivity contribution is 5.97. The SMILES string of the molecule is COC(=O)c1ccc(C)c(NC(=O)[C@H](N)C(C)(C)C)c1. The molecule has 1 aromatic carbocycles. The van der Waals surface area contributed by atoms with Crippen molar-refractivity contribution in [1.82, 2.24) is 0 Å². The van der Waals surface area contributed by atoms with E-state index in [-0.39, 0.29) is 11.3 Å². The Morgan fingerprint density at radius 3 is 2.40 bits per heavy atom. The first-order valence-electron chi connectivity index (χ1n) is 6.42. The lowest BCUT2D eigenvalue weighted by atomic mass is 9.87. The van der Waals surface area contributed by atoms with Crippen LogP contribution in [0.25, 0.3) is 0 Å². The second-order valence-corrected chi connectivity index (χ2v) is 5.85. The number of hydrogen-bond donors (Lipinski definition) is 2. The van der Waals surface area contributed by atoms with Crippen molar-refractivity contribution in [3.8, 4) is 0 Å². The lowest BCUT2D eigenvalue weighted by Crippen LogP contribution is -2.45. The van der Waals surface area contributed by atoms with Crippen LogP contribution >= 0.6 is 0 Å². The molecule has 0 aliphatic carbocycles. The van der Waals surface area contributed by atoms with Gasteiger partial charge in [0.15, 0.2) is 0 Å². The van der Waals surface area contributed by atoms with Crippen LogP contribution in [0.4, 0.5) is 5.69 Å². The van der Waals surface area contributed by atoms with Crippen molar-refractivity contribution in [3.05, 3.63) is 29.3 Å². The molecule has 1 atom stereocenters. The summed E-state index contributed by atoms with van der Waals surface area (Å²) in [5.41, 5.74) is 7.38. The first-order chi connectivity index (χ1) is 9.16. The molecule has 0 fully saturated rings. The predicted octanol–water partition coefficient (Wildman–Crippen LogP) is 2.09. The van der Waals surface area contributed by atoms with Crippen LogP contribution in [0.5, 0.6) is 0 Å². The molecule has 0 radical (unpaired) electrons. The molecule has 0 bridgehead atoms. The van der Waals surface area contributed by atoms with E-state index in [9.17, 15) is 9.59 Å². The summed E-state index contributed by atoms with van der Waals surface area (Å²) >= 11 is 0. The normalized spacial score (nSPS) is 12.7. The zero-order chi connectivity index (χ0) is 15.5. The van der Waals surface area contributed by atoms with Crippen molar-refractivity contribution >= 4 is 17.6 Å². The Labute approximate surface area is 119 Å². The van der Waals surface area contributed by atoms with Gasteiger partial charge in [-0.15, -0.1) is 0 Å². The van der Waals surface area contributed by atoms with Crippen LogP contribution in [-0.2, 0) is 9.53 Å². The van der Waals surface area contributed by atoms with Crippen molar-refractivity contribution in [2.24, 2.45) is 11.1 Å². The molecular formula is C15H22N2O3. The third kappa shape index (κ3) is 3.81. The summed E-state index contributed by atoms with van der Waals surface area (Å²) in [5, 5.41) is 2.76. The molecule has 5 heteroatoms. The Hall–Kier alpha value is -1.88. The maximum atomic E-state index is 12.1. The van der Waals surface area contributed by atoms with Gasteiger partial charge < -0.3 is 15.8 Å². The molecule has 0 aromatic heterocycles. The Balaban J connectivity index is 2.97. The molecule has 20 heavy (non-hydrogen) atoms. The number of ether oxygens (including phenoxy) is 1. The number of rotatable bonds is 3. The second-order valence-electron chi connectivity index (χ2n) is 5.85. The Morgan fingerprint density at radius 1 is 1.30 bits per heavy atom. The minimum Gasteiger partial charge on any atom is -0.465 e. The smallest absolute Gasteiger partial charge is 0.337 e. The monoisotopic (exact) mass is 278 g/mol. The fraction of sp³-hybridized carbons (Fsp3) is 0.467. The van der Waals surface area contributed by atoms with Crippen LogP contribution in [0.15, 0.2) is 18.2 Å². The summed E-state index contributed by atoms with van der Waals surface area (Å²) in [6.07, 6.45) is 0. The van der Waals surface area contributed by atoms with E-state index in [0.29, 0.717) is 11.3 Å². The van der Waals surface area contributed by atoms with Gasteiger partial charge in [0.25, 0.3) is 0 Å². The topological polar surface area (TPSA) is 81.4 Å². The molecule has 5 nitrogen and oxygen atoms in total. The fourth-order valence-corrected chi connectivity index (χ4v) is 1.61. The number of benzene rings is 1. The third-order valence-electron chi connectivity index (χ3n) is 3.13. The van der Waals surface area contributed by atoms with Crippen molar-refractivity contribution in [3.63, 3.8) is 0 Å². The molecule has 0 saturated carbocycles. The van der Waals surface area contributed by atoms with Gasteiger partial charge in [0, 0.05) is 5.69 Å². The average molecular weight is 278 g/mol. The lowest BCUT2D eigenvalue weighted by molar-refractivity contribution is -0.119. The Morgan fingerprint density at radius 2 is 1.90 bits per heavy atom. The zero-order valence-electron chi connectivity index (χ0n) is 12.6. The molecule has 1 rings (SSSR count). The summed E-state index contributed by atoms with van der Waals surface area (Å²) in [5.74, 6) is -0.719. The van der Waals surface area contributed by atoms with Gasteiger partial charge in [-0.25, -0.2) is 4.79 Å². The second kappa shape index (κ2) is 6.05. The minimum absolute atomic E-state index is 0.275. The van der Waals surface area contributed by atoms with E-state index >= 15 is 0 Å². The van der Waals surface area contributed by atoms with Gasteiger partial charge in [-0.05, 0) is 30.0 Å². The summed E-state index contributed by atoms with van der Waals surface area (Å²) in [6.45, 7) is 7.54. The number of hydrogen-bond acceptors (Lipinski definition) is 4. The van der Waals surface area contributed by atoms with Gasteiger partial charge in [-0.2, -0.15) is 0 Å². The summed E-state index contributed by atoms with van der Waals surface area (Å²) in [7, 11) is 1.32. The Kier molecular flexibility index (Phi) is 4.89. The van der Waals surface area contributed by atoms with Crippen LogP contribution in [-0.4, -0.2) is 25.0 Å². The van der Waals surface area contributed by atoms with E-state index in [0.717, 1.165) is 5.56 Å². The zero-order valence-corrected chi connectivity index (χ0v) is 12.6. The summed E-state index contributed by atoms with van der Waals surface area (Å²) in [6, 6.07) is 4.36. The average Bonchev–Trinajstić information content (AvgIpc) is 2.38. The quantitative estimate of drug-likeness (QED) is 0.830. The minimum atomic E-state index is -0.635. The summed E-state index contributed by atoms with van der Waals surface area (Å²) < 4.78 is 4.66. The van der Waals surface area contributed by atoms with Gasteiger partial charge in [0.2, 0.25) is 5.91 Å². The molecule has 3 N–H and O–H groups in total. The molecule has 0 aliphatic heterocycles. The largest absolute Gasteiger partial charge is 0.465 e. The maximum absolute atomic E-state index is 12.1. The predicted molar refractivity (Wildman–Crippen MR) is 78.6 cm³/mol. The third-order valence-corrected chi connectivity index (χ3v) is 3.13. The molecule has 0 heterocycles. The lowest BCUT2D eigenvalue weighted by Gasteiger charge is -2.26. The van der Waals surface area contributed by atoms with Crippen LogP contribution in [0.2, 0.25) is 0 Å². The highest BCUT2D eigenvalue weighted by atomic mass is 16.5. The number of amides is 1. The molecule has 0 spiro atoms. The summed E-state index contributed by atoms with van der Waals surface area (Å²) in [4.78, 5) is 23.6. The number of nitrogens with one attached hydrogen (secondary N) is 1.